The summed E-state index contributed by atoms with van der Waals surface area (Å²) in [5.41, 5.74) is 3.01. The standard InChI is InChI=1S/C33H43FN2O2/c1-3-5-7-9-10-11-12-14-15-26-17-19-28(20-18-26)33(37)38-29-21-22-30(31(34)23-29)32-35-24-27(25-36-32)16-13-8-6-4-2/h17-25H,3-16H2,1-2H3. The zero-order valence-corrected chi connectivity index (χ0v) is 23.2. The normalized spacial score (nSPS) is 11.0. The molecule has 204 valence electrons. The first-order valence-electron chi connectivity index (χ1n) is 14.5. The van der Waals surface area contributed by atoms with E-state index in [-0.39, 0.29) is 11.3 Å². The summed E-state index contributed by atoms with van der Waals surface area (Å²) in [6.07, 6.45) is 20.5. The van der Waals surface area contributed by atoms with Gasteiger partial charge in [0.25, 0.3) is 0 Å². The highest BCUT2D eigenvalue weighted by Gasteiger charge is 2.13. The molecule has 0 aliphatic heterocycles. The van der Waals surface area contributed by atoms with Gasteiger partial charge in [0.2, 0.25) is 0 Å². The number of carbonyl (C=O) groups is 1. The molecule has 0 aliphatic carbocycles. The Hall–Kier alpha value is -3.08. The molecule has 0 amide bonds. The molecule has 0 bridgehead atoms. The van der Waals surface area contributed by atoms with Crippen LogP contribution >= 0.6 is 0 Å². The van der Waals surface area contributed by atoms with Crippen molar-refractivity contribution in [2.45, 2.75) is 104 Å². The van der Waals surface area contributed by atoms with Crippen molar-refractivity contribution in [2.24, 2.45) is 0 Å². The first kappa shape index (κ1) is 29.5. The van der Waals surface area contributed by atoms with Crippen molar-refractivity contribution in [3.63, 3.8) is 0 Å². The van der Waals surface area contributed by atoms with Gasteiger partial charge in [0.1, 0.15) is 11.6 Å². The maximum absolute atomic E-state index is 14.8. The van der Waals surface area contributed by atoms with Crippen LogP contribution in [-0.4, -0.2) is 15.9 Å². The Labute approximate surface area is 228 Å². The van der Waals surface area contributed by atoms with Crippen LogP contribution in [0.4, 0.5) is 4.39 Å². The van der Waals surface area contributed by atoms with E-state index in [4.69, 9.17) is 4.74 Å². The van der Waals surface area contributed by atoms with E-state index >= 15 is 0 Å². The minimum atomic E-state index is -0.522. The second kappa shape index (κ2) is 16.7. The topological polar surface area (TPSA) is 52.1 Å². The molecule has 5 heteroatoms. The third-order valence-corrected chi connectivity index (χ3v) is 6.92. The number of rotatable bonds is 17. The molecule has 4 nitrogen and oxygen atoms in total. The van der Waals surface area contributed by atoms with Crippen molar-refractivity contribution in [2.75, 3.05) is 0 Å². The zero-order valence-electron chi connectivity index (χ0n) is 23.2. The van der Waals surface area contributed by atoms with Crippen molar-refractivity contribution in [1.82, 2.24) is 9.97 Å². The third kappa shape index (κ3) is 10.00. The highest BCUT2D eigenvalue weighted by Crippen LogP contribution is 2.24. The average molecular weight is 519 g/mol. The van der Waals surface area contributed by atoms with E-state index in [2.05, 4.69) is 23.8 Å². The van der Waals surface area contributed by atoms with Crippen LogP contribution in [0.3, 0.4) is 0 Å². The van der Waals surface area contributed by atoms with E-state index in [1.165, 1.54) is 75.8 Å². The highest BCUT2D eigenvalue weighted by molar-refractivity contribution is 5.91. The summed E-state index contributed by atoms with van der Waals surface area (Å²) in [5, 5.41) is 0. The van der Waals surface area contributed by atoms with Crippen LogP contribution in [0.15, 0.2) is 54.9 Å². The molecule has 0 aliphatic rings. The maximum atomic E-state index is 14.8. The van der Waals surface area contributed by atoms with Crippen LogP contribution in [0.5, 0.6) is 5.75 Å². The van der Waals surface area contributed by atoms with Crippen molar-refractivity contribution >= 4 is 5.97 Å². The van der Waals surface area contributed by atoms with Crippen LogP contribution in [0.2, 0.25) is 0 Å². The van der Waals surface area contributed by atoms with E-state index in [0.717, 1.165) is 31.2 Å². The van der Waals surface area contributed by atoms with Crippen LogP contribution < -0.4 is 4.74 Å². The summed E-state index contributed by atoms with van der Waals surface area (Å²) in [6.45, 7) is 4.43. The van der Waals surface area contributed by atoms with Crippen LogP contribution in [0, 0.1) is 5.82 Å². The first-order chi connectivity index (χ1) is 18.6. The van der Waals surface area contributed by atoms with Crippen molar-refractivity contribution in [1.29, 1.82) is 0 Å². The predicted octanol–water partition coefficient (Wildman–Crippen LogP) is 9.31. The molecule has 2 aromatic carbocycles. The van der Waals surface area contributed by atoms with Gasteiger partial charge in [-0.1, -0.05) is 90.2 Å². The van der Waals surface area contributed by atoms with E-state index < -0.39 is 11.8 Å². The molecular weight excluding hydrogens is 475 g/mol. The molecule has 1 heterocycles. The van der Waals surface area contributed by atoms with Gasteiger partial charge in [0.05, 0.1) is 11.1 Å². The Kier molecular flexibility index (Phi) is 13.0. The van der Waals surface area contributed by atoms with Gasteiger partial charge in [0, 0.05) is 18.5 Å². The van der Waals surface area contributed by atoms with Crippen LogP contribution in [0.1, 0.15) is 112 Å². The Morgan fingerprint density at radius 2 is 1.26 bits per heavy atom. The molecule has 0 atom stereocenters. The van der Waals surface area contributed by atoms with Gasteiger partial charge in [-0.15, -0.1) is 0 Å². The average Bonchev–Trinajstić information content (AvgIpc) is 2.93. The van der Waals surface area contributed by atoms with E-state index in [1.807, 2.05) is 12.1 Å². The van der Waals surface area contributed by atoms with Gasteiger partial charge in [0.15, 0.2) is 5.82 Å². The summed E-state index contributed by atoms with van der Waals surface area (Å²) in [6, 6.07) is 11.9. The highest BCUT2D eigenvalue weighted by atomic mass is 19.1. The maximum Gasteiger partial charge on any atom is 0.343 e. The number of aromatic nitrogens is 2. The Morgan fingerprint density at radius 3 is 1.87 bits per heavy atom. The molecule has 0 N–H and O–H groups in total. The van der Waals surface area contributed by atoms with Crippen LogP contribution in [-0.2, 0) is 12.8 Å². The number of aryl methyl sites for hydroxylation is 2. The van der Waals surface area contributed by atoms with Gasteiger partial charge < -0.3 is 4.74 Å². The predicted molar refractivity (Wildman–Crippen MR) is 153 cm³/mol. The molecule has 0 radical (unpaired) electrons. The summed E-state index contributed by atoms with van der Waals surface area (Å²) in [4.78, 5) is 21.3. The molecule has 3 aromatic rings. The Morgan fingerprint density at radius 1 is 0.711 bits per heavy atom. The van der Waals surface area contributed by atoms with Crippen molar-refractivity contribution < 1.29 is 13.9 Å². The summed E-state index contributed by atoms with van der Waals surface area (Å²) in [5.74, 6) is -0.539. The number of carbonyl (C=O) groups excluding carboxylic acids is 1. The number of benzene rings is 2. The number of unbranched alkanes of at least 4 members (excludes halogenated alkanes) is 10. The molecule has 38 heavy (non-hydrogen) atoms. The number of halogens is 1. The Bertz CT molecular complexity index is 1100. The zero-order chi connectivity index (χ0) is 27.0. The molecular formula is C33H43FN2O2. The van der Waals surface area contributed by atoms with Crippen molar-refractivity contribution in [3.05, 3.63) is 77.4 Å². The molecule has 0 saturated heterocycles. The lowest BCUT2D eigenvalue weighted by molar-refractivity contribution is 0.0734. The number of nitrogens with zero attached hydrogens (tertiary/aromatic N) is 2. The van der Waals surface area contributed by atoms with Gasteiger partial charge in [-0.05, 0) is 61.1 Å². The largest absolute Gasteiger partial charge is 0.423 e. The van der Waals surface area contributed by atoms with Gasteiger partial charge in [-0.3, -0.25) is 0 Å². The Balaban J connectivity index is 1.46. The van der Waals surface area contributed by atoms with Gasteiger partial charge in [-0.25, -0.2) is 19.2 Å². The number of hydrogen-bond acceptors (Lipinski definition) is 4. The smallest absolute Gasteiger partial charge is 0.343 e. The molecule has 1 aromatic heterocycles. The molecule has 0 saturated carbocycles. The molecule has 3 rings (SSSR count). The molecule has 0 unspecified atom stereocenters. The van der Waals surface area contributed by atoms with Gasteiger partial charge in [-0.2, -0.15) is 0 Å². The summed E-state index contributed by atoms with van der Waals surface area (Å²) < 4.78 is 20.2. The van der Waals surface area contributed by atoms with E-state index in [1.54, 1.807) is 36.7 Å². The molecule has 0 spiro atoms. The van der Waals surface area contributed by atoms with E-state index in [9.17, 15) is 9.18 Å². The monoisotopic (exact) mass is 518 g/mol. The van der Waals surface area contributed by atoms with Gasteiger partial charge >= 0.3 is 5.97 Å². The number of esters is 1. The lowest BCUT2D eigenvalue weighted by atomic mass is 10.0. The van der Waals surface area contributed by atoms with Crippen LogP contribution in [0.25, 0.3) is 11.4 Å². The summed E-state index contributed by atoms with van der Waals surface area (Å²) in [7, 11) is 0. The lowest BCUT2D eigenvalue weighted by Crippen LogP contribution is -2.09. The first-order valence-corrected chi connectivity index (χ1v) is 14.5. The molecule has 0 fully saturated rings. The minimum Gasteiger partial charge on any atom is -0.423 e. The number of hydrogen-bond donors (Lipinski definition) is 0. The quantitative estimate of drug-likeness (QED) is 0.101. The van der Waals surface area contributed by atoms with Crippen molar-refractivity contribution in [3.8, 4) is 17.1 Å². The fourth-order valence-electron chi connectivity index (χ4n) is 4.56. The SMILES string of the molecule is CCCCCCCCCCc1ccc(C(=O)Oc2ccc(-c3ncc(CCCCCC)cn3)c(F)c2)cc1. The minimum absolute atomic E-state index is 0.159. The summed E-state index contributed by atoms with van der Waals surface area (Å²) >= 11 is 0. The third-order valence-electron chi connectivity index (χ3n) is 6.92. The fourth-order valence-corrected chi connectivity index (χ4v) is 4.56. The van der Waals surface area contributed by atoms with E-state index in [0.29, 0.717) is 11.4 Å². The fraction of sp³-hybridized carbons (Fsp3) is 0.485. The second-order valence-corrected chi connectivity index (χ2v) is 10.2. The number of ether oxygens (including phenoxy) is 1. The second-order valence-electron chi connectivity index (χ2n) is 10.2. The lowest BCUT2D eigenvalue weighted by Gasteiger charge is -2.08.